The van der Waals surface area contributed by atoms with Gasteiger partial charge in [0.25, 0.3) is 0 Å². The molecule has 6 nitrogen and oxygen atoms in total. The van der Waals surface area contributed by atoms with Crippen molar-refractivity contribution in [3.63, 3.8) is 0 Å². The van der Waals surface area contributed by atoms with Crippen LogP contribution in [0.15, 0.2) is 35.3 Å². The van der Waals surface area contributed by atoms with E-state index in [-0.39, 0.29) is 10.4 Å². The van der Waals surface area contributed by atoms with Crippen LogP contribution in [0.2, 0.25) is 0 Å². The first kappa shape index (κ1) is 19.3. The maximum Gasteiger partial charge on any atom is 0.339 e. The van der Waals surface area contributed by atoms with E-state index in [2.05, 4.69) is 10.3 Å². The average molecular weight is 424 g/mol. The summed E-state index contributed by atoms with van der Waals surface area (Å²) < 4.78 is 2.82. The van der Waals surface area contributed by atoms with E-state index in [4.69, 9.17) is 0 Å². The molecular formula is C23H25N3O3S. The van der Waals surface area contributed by atoms with Gasteiger partial charge in [-0.2, -0.15) is 0 Å². The first-order valence-electron chi connectivity index (χ1n) is 10.7. The average Bonchev–Trinajstić information content (AvgIpc) is 3.54. The maximum absolute atomic E-state index is 12.6. The number of aromatic nitrogens is 2. The summed E-state index contributed by atoms with van der Waals surface area (Å²) in [5, 5.41) is 12.8. The van der Waals surface area contributed by atoms with Gasteiger partial charge in [-0.3, -0.25) is 9.36 Å². The molecule has 2 saturated carbocycles. The molecule has 0 spiro atoms. The van der Waals surface area contributed by atoms with Gasteiger partial charge < -0.3 is 10.4 Å². The molecule has 0 atom stereocenters. The smallest absolute Gasteiger partial charge is 0.339 e. The number of carboxylic acid groups (broad SMARTS) is 1. The van der Waals surface area contributed by atoms with Crippen LogP contribution in [0.25, 0.3) is 10.2 Å². The van der Waals surface area contributed by atoms with Crippen molar-refractivity contribution < 1.29 is 9.90 Å². The van der Waals surface area contributed by atoms with Gasteiger partial charge in [0, 0.05) is 18.4 Å². The molecule has 0 aliphatic heterocycles. The topological polar surface area (TPSA) is 84.2 Å². The maximum atomic E-state index is 12.6. The number of rotatable bonds is 6. The van der Waals surface area contributed by atoms with Gasteiger partial charge in [-0.05, 0) is 67.3 Å². The number of fused-ring (bicyclic) bond motifs is 1. The van der Waals surface area contributed by atoms with Crippen LogP contribution in [0.3, 0.4) is 0 Å². The van der Waals surface area contributed by atoms with E-state index in [1.807, 2.05) is 22.8 Å². The third kappa shape index (κ3) is 3.86. The van der Waals surface area contributed by atoms with Gasteiger partial charge in [-0.25, -0.2) is 9.78 Å². The highest BCUT2D eigenvalue weighted by molar-refractivity contribution is 7.16. The Hall–Kier alpha value is -2.67. The fraction of sp³-hybridized carbons (Fsp3) is 0.435. The zero-order valence-electron chi connectivity index (χ0n) is 16.8. The SMILES string of the molecule is O=C(O)c1cc(C2CC2)cnc1Nc1ccc2c(c1)sc(=O)n2CC1CCCCC1. The van der Waals surface area contributed by atoms with Crippen LogP contribution in [0.5, 0.6) is 0 Å². The minimum absolute atomic E-state index is 0.0749. The van der Waals surface area contributed by atoms with Crippen molar-refractivity contribution in [3.05, 3.63) is 51.3 Å². The molecule has 156 valence electrons. The molecule has 7 heteroatoms. The van der Waals surface area contributed by atoms with Crippen molar-refractivity contribution in [1.82, 2.24) is 9.55 Å². The summed E-state index contributed by atoms with van der Waals surface area (Å²) in [5.74, 6) is 0.374. The van der Waals surface area contributed by atoms with E-state index in [0.717, 1.165) is 40.9 Å². The number of carbonyl (C=O) groups is 1. The molecule has 0 bridgehead atoms. The molecular weight excluding hydrogens is 398 g/mol. The Morgan fingerprint density at radius 3 is 2.70 bits per heavy atom. The molecule has 2 fully saturated rings. The molecule has 2 aliphatic carbocycles. The van der Waals surface area contributed by atoms with Crippen molar-refractivity contribution in [2.24, 2.45) is 5.92 Å². The molecule has 30 heavy (non-hydrogen) atoms. The van der Waals surface area contributed by atoms with Gasteiger partial charge in [-0.1, -0.05) is 30.6 Å². The van der Waals surface area contributed by atoms with Gasteiger partial charge in [0.05, 0.1) is 10.2 Å². The standard InChI is InChI=1S/C23H25N3O3S/c27-22(28)18-10-16(15-6-7-15)12-24-21(18)25-17-8-9-19-20(11-17)30-23(29)26(19)13-14-4-2-1-3-5-14/h8-12,14-15H,1-7,13H2,(H,24,25)(H,27,28). The highest BCUT2D eigenvalue weighted by Crippen LogP contribution is 2.40. The van der Waals surface area contributed by atoms with Crippen LogP contribution in [0, 0.1) is 5.92 Å². The highest BCUT2D eigenvalue weighted by Gasteiger charge is 2.26. The number of nitrogens with zero attached hydrogens (tertiary/aromatic N) is 2. The van der Waals surface area contributed by atoms with Crippen molar-refractivity contribution in [3.8, 4) is 0 Å². The second kappa shape index (κ2) is 7.87. The Morgan fingerprint density at radius 2 is 1.97 bits per heavy atom. The zero-order valence-corrected chi connectivity index (χ0v) is 17.6. The molecule has 2 heterocycles. The van der Waals surface area contributed by atoms with Crippen molar-refractivity contribution >= 4 is 39.0 Å². The highest BCUT2D eigenvalue weighted by atomic mass is 32.1. The zero-order chi connectivity index (χ0) is 20.7. The molecule has 0 saturated heterocycles. The summed E-state index contributed by atoms with van der Waals surface area (Å²) in [5.41, 5.74) is 2.87. The molecule has 3 aromatic rings. The Balaban J connectivity index is 1.42. The monoisotopic (exact) mass is 423 g/mol. The van der Waals surface area contributed by atoms with Gasteiger partial charge in [-0.15, -0.1) is 0 Å². The van der Waals surface area contributed by atoms with Crippen LogP contribution in [0.4, 0.5) is 11.5 Å². The number of hydrogen-bond donors (Lipinski definition) is 2. The first-order chi connectivity index (χ1) is 14.6. The summed E-state index contributed by atoms with van der Waals surface area (Å²) in [6, 6.07) is 7.50. The van der Waals surface area contributed by atoms with E-state index in [0.29, 0.717) is 17.7 Å². The fourth-order valence-corrected chi connectivity index (χ4v) is 5.41. The van der Waals surface area contributed by atoms with E-state index in [9.17, 15) is 14.7 Å². The molecule has 2 aliphatic rings. The van der Waals surface area contributed by atoms with E-state index >= 15 is 0 Å². The molecule has 0 unspecified atom stereocenters. The lowest BCUT2D eigenvalue weighted by molar-refractivity contribution is 0.0697. The number of nitrogens with one attached hydrogen (secondary N) is 1. The molecule has 0 amide bonds. The summed E-state index contributed by atoms with van der Waals surface area (Å²) in [7, 11) is 0. The third-order valence-corrected chi connectivity index (χ3v) is 7.23. The van der Waals surface area contributed by atoms with Gasteiger partial charge in [0.1, 0.15) is 11.4 Å². The first-order valence-corrected chi connectivity index (χ1v) is 11.5. The van der Waals surface area contributed by atoms with Crippen LogP contribution >= 0.6 is 11.3 Å². The second-order valence-electron chi connectivity index (χ2n) is 8.53. The number of hydrogen-bond acceptors (Lipinski definition) is 5. The molecule has 2 aromatic heterocycles. The van der Waals surface area contributed by atoms with Crippen LogP contribution in [-0.2, 0) is 6.54 Å². The van der Waals surface area contributed by atoms with E-state index in [1.165, 1.54) is 43.4 Å². The Kier molecular flexibility index (Phi) is 5.06. The number of carboxylic acids is 1. The normalized spacial score (nSPS) is 17.3. The fourth-order valence-electron chi connectivity index (χ4n) is 4.47. The Morgan fingerprint density at radius 1 is 1.17 bits per heavy atom. The Labute approximate surface area is 178 Å². The summed E-state index contributed by atoms with van der Waals surface area (Å²) in [4.78, 5) is 28.8. The van der Waals surface area contributed by atoms with Gasteiger partial charge >= 0.3 is 10.8 Å². The van der Waals surface area contributed by atoms with Gasteiger partial charge in [0.2, 0.25) is 0 Å². The largest absolute Gasteiger partial charge is 0.478 e. The van der Waals surface area contributed by atoms with E-state index < -0.39 is 5.97 Å². The lowest BCUT2D eigenvalue weighted by Gasteiger charge is -2.21. The van der Waals surface area contributed by atoms with Crippen LogP contribution < -0.4 is 10.2 Å². The number of thiazole rings is 1. The molecule has 2 N–H and O–H groups in total. The van der Waals surface area contributed by atoms with Crippen LogP contribution in [0.1, 0.15) is 66.8 Å². The summed E-state index contributed by atoms with van der Waals surface area (Å²) in [6.07, 6.45) is 10.2. The molecule has 1 aromatic carbocycles. The predicted octanol–water partition coefficient (Wildman–Crippen LogP) is 5.36. The van der Waals surface area contributed by atoms with E-state index in [1.54, 1.807) is 12.3 Å². The van der Waals surface area contributed by atoms with Crippen molar-refractivity contribution in [1.29, 1.82) is 0 Å². The lowest BCUT2D eigenvalue weighted by Crippen LogP contribution is -2.20. The van der Waals surface area contributed by atoms with Gasteiger partial charge in [0.15, 0.2) is 0 Å². The lowest BCUT2D eigenvalue weighted by atomic mass is 9.89. The molecule has 5 rings (SSSR count). The quantitative estimate of drug-likeness (QED) is 0.558. The van der Waals surface area contributed by atoms with Crippen LogP contribution in [-0.4, -0.2) is 20.6 Å². The molecule has 0 radical (unpaired) electrons. The number of pyridine rings is 1. The van der Waals surface area contributed by atoms with Crippen molar-refractivity contribution in [2.45, 2.75) is 57.4 Å². The second-order valence-corrected chi connectivity index (χ2v) is 9.53. The summed E-state index contributed by atoms with van der Waals surface area (Å²) >= 11 is 1.25. The third-order valence-electron chi connectivity index (χ3n) is 6.28. The minimum atomic E-state index is -0.989. The van der Waals surface area contributed by atoms with Crippen molar-refractivity contribution in [2.75, 3.05) is 5.32 Å². The summed E-state index contributed by atoms with van der Waals surface area (Å²) in [6.45, 7) is 0.791. The minimum Gasteiger partial charge on any atom is -0.478 e. The predicted molar refractivity (Wildman–Crippen MR) is 119 cm³/mol. The Bertz CT molecular complexity index is 1160. The number of benzene rings is 1. The number of anilines is 2. The number of aromatic carboxylic acids is 1.